The van der Waals surface area contributed by atoms with Crippen molar-refractivity contribution in [3.8, 4) is 0 Å². The molecule has 2 aliphatic heterocycles. The van der Waals surface area contributed by atoms with Gasteiger partial charge in [0.05, 0.1) is 23.9 Å². The molecule has 2 saturated heterocycles. The molecular formula is C25H29N5OS. The molecule has 32 heavy (non-hydrogen) atoms. The summed E-state index contributed by atoms with van der Waals surface area (Å²) in [5.74, 6) is 0. The number of aryl methyl sites for hydroxylation is 1. The molecule has 0 saturated carbocycles. The Labute approximate surface area is 194 Å². The summed E-state index contributed by atoms with van der Waals surface area (Å²) >= 11 is 5.83. The van der Waals surface area contributed by atoms with Crippen LogP contribution in [0.3, 0.4) is 0 Å². The lowest BCUT2D eigenvalue weighted by Gasteiger charge is -2.30. The van der Waals surface area contributed by atoms with Crippen molar-refractivity contribution >= 4 is 17.3 Å². The summed E-state index contributed by atoms with van der Waals surface area (Å²) in [5.41, 5.74) is 6.04. The molecule has 5 heterocycles. The minimum absolute atomic E-state index is 0.0000201. The van der Waals surface area contributed by atoms with Crippen molar-refractivity contribution in [2.45, 2.75) is 51.4 Å². The van der Waals surface area contributed by atoms with Gasteiger partial charge >= 0.3 is 0 Å². The predicted molar refractivity (Wildman–Crippen MR) is 128 cm³/mol. The first kappa shape index (κ1) is 21.1. The number of aromatic nitrogens is 3. The highest BCUT2D eigenvalue weighted by atomic mass is 32.1. The normalized spacial score (nSPS) is 23.0. The van der Waals surface area contributed by atoms with Crippen molar-refractivity contribution in [3.05, 3.63) is 83.2 Å². The largest absolute Gasteiger partial charge is 0.376 e. The monoisotopic (exact) mass is 447 g/mol. The second-order valence-electron chi connectivity index (χ2n) is 8.68. The number of rotatable bonds is 6. The van der Waals surface area contributed by atoms with E-state index in [0.717, 1.165) is 43.3 Å². The molecule has 0 unspecified atom stereocenters. The lowest BCUT2D eigenvalue weighted by molar-refractivity contribution is 0.0842. The summed E-state index contributed by atoms with van der Waals surface area (Å²) in [4.78, 5) is 11.1. The SMILES string of the molecule is Cc1cc([C@@H]2[C@@H](c3ccccn3)NC(=S)N2C[C@H]2CCCO2)c(C)n1Cc1ccncc1. The Hall–Kier alpha value is -2.77. The van der Waals surface area contributed by atoms with Crippen LogP contribution in [-0.4, -0.2) is 43.8 Å². The second kappa shape index (κ2) is 9.00. The zero-order valence-electron chi connectivity index (χ0n) is 18.6. The van der Waals surface area contributed by atoms with Crippen LogP contribution in [0.2, 0.25) is 0 Å². The summed E-state index contributed by atoms with van der Waals surface area (Å²) in [6.45, 7) is 6.86. The molecule has 0 aliphatic carbocycles. The molecule has 0 spiro atoms. The van der Waals surface area contributed by atoms with E-state index in [4.69, 9.17) is 17.0 Å². The van der Waals surface area contributed by atoms with Gasteiger partial charge in [0.1, 0.15) is 0 Å². The van der Waals surface area contributed by atoms with E-state index >= 15 is 0 Å². The van der Waals surface area contributed by atoms with Crippen molar-refractivity contribution in [1.82, 2.24) is 24.8 Å². The molecule has 0 amide bonds. The third-order valence-corrected chi connectivity index (χ3v) is 7.00. The maximum Gasteiger partial charge on any atom is 0.170 e. The Morgan fingerprint density at radius 3 is 2.72 bits per heavy atom. The van der Waals surface area contributed by atoms with Crippen LogP contribution in [0.15, 0.2) is 55.0 Å². The van der Waals surface area contributed by atoms with Crippen molar-refractivity contribution in [2.75, 3.05) is 13.2 Å². The molecule has 2 fully saturated rings. The first-order valence-corrected chi connectivity index (χ1v) is 11.7. The van der Waals surface area contributed by atoms with Gasteiger partial charge in [-0.05, 0) is 80.4 Å². The smallest absolute Gasteiger partial charge is 0.170 e. The maximum atomic E-state index is 5.97. The van der Waals surface area contributed by atoms with Crippen LogP contribution in [0.1, 0.15) is 53.1 Å². The van der Waals surface area contributed by atoms with Crippen LogP contribution in [-0.2, 0) is 11.3 Å². The molecular weight excluding hydrogens is 418 g/mol. The Bertz CT molecular complexity index is 1080. The molecule has 2 aliphatic rings. The van der Waals surface area contributed by atoms with Crippen molar-refractivity contribution in [3.63, 3.8) is 0 Å². The fourth-order valence-corrected chi connectivity index (χ4v) is 5.30. The molecule has 3 atom stereocenters. The first-order valence-electron chi connectivity index (χ1n) is 11.3. The van der Waals surface area contributed by atoms with E-state index in [0.29, 0.717) is 0 Å². The molecule has 0 radical (unpaired) electrons. The minimum Gasteiger partial charge on any atom is -0.376 e. The molecule has 0 aromatic carbocycles. The van der Waals surface area contributed by atoms with Gasteiger partial charge in [0.25, 0.3) is 0 Å². The zero-order chi connectivity index (χ0) is 22.1. The van der Waals surface area contributed by atoms with Gasteiger partial charge in [-0.3, -0.25) is 9.97 Å². The van der Waals surface area contributed by atoms with E-state index in [1.807, 2.05) is 30.7 Å². The van der Waals surface area contributed by atoms with Crippen molar-refractivity contribution in [2.24, 2.45) is 0 Å². The summed E-state index contributed by atoms with van der Waals surface area (Å²) in [6.07, 6.45) is 7.98. The van der Waals surface area contributed by atoms with Gasteiger partial charge in [-0.1, -0.05) is 6.07 Å². The second-order valence-corrected chi connectivity index (χ2v) is 9.07. The van der Waals surface area contributed by atoms with Crippen molar-refractivity contribution < 1.29 is 4.74 Å². The van der Waals surface area contributed by atoms with Gasteiger partial charge in [0.2, 0.25) is 0 Å². The van der Waals surface area contributed by atoms with Gasteiger partial charge in [-0.15, -0.1) is 0 Å². The van der Waals surface area contributed by atoms with E-state index in [2.05, 4.69) is 62.9 Å². The molecule has 166 valence electrons. The van der Waals surface area contributed by atoms with E-state index in [9.17, 15) is 0 Å². The highest BCUT2D eigenvalue weighted by Crippen LogP contribution is 2.41. The number of thiocarbonyl (C=S) groups is 1. The summed E-state index contributed by atoms with van der Waals surface area (Å²) in [7, 11) is 0. The van der Waals surface area contributed by atoms with Crippen LogP contribution < -0.4 is 5.32 Å². The van der Waals surface area contributed by atoms with Gasteiger partial charge in [0, 0.05) is 49.7 Å². The molecule has 0 bridgehead atoms. The van der Waals surface area contributed by atoms with Crippen LogP contribution in [0.5, 0.6) is 0 Å². The quantitative estimate of drug-likeness (QED) is 0.575. The average molecular weight is 448 g/mol. The van der Waals surface area contributed by atoms with Crippen molar-refractivity contribution in [1.29, 1.82) is 0 Å². The fraction of sp³-hybridized carbons (Fsp3) is 0.400. The fourth-order valence-electron chi connectivity index (χ4n) is 4.99. The number of pyridine rings is 2. The summed E-state index contributed by atoms with van der Waals surface area (Å²) in [6, 6.07) is 12.6. The molecule has 6 nitrogen and oxygen atoms in total. The third-order valence-electron chi connectivity index (χ3n) is 6.64. The topological polar surface area (TPSA) is 55.2 Å². The Kier molecular flexibility index (Phi) is 5.93. The van der Waals surface area contributed by atoms with Crippen LogP contribution in [0.25, 0.3) is 0 Å². The van der Waals surface area contributed by atoms with E-state index < -0.39 is 0 Å². The molecule has 3 aromatic rings. The Morgan fingerprint density at radius 2 is 2.00 bits per heavy atom. The number of hydrogen-bond donors (Lipinski definition) is 1. The van der Waals surface area contributed by atoms with E-state index in [1.54, 1.807) is 0 Å². The van der Waals surface area contributed by atoms with Gasteiger partial charge in [-0.25, -0.2) is 0 Å². The number of hydrogen-bond acceptors (Lipinski definition) is 4. The molecule has 3 aromatic heterocycles. The Balaban J connectivity index is 1.53. The number of ether oxygens (including phenoxy) is 1. The highest BCUT2D eigenvalue weighted by molar-refractivity contribution is 7.80. The summed E-state index contributed by atoms with van der Waals surface area (Å²) < 4.78 is 8.35. The van der Waals surface area contributed by atoms with Gasteiger partial charge in [0.15, 0.2) is 5.11 Å². The van der Waals surface area contributed by atoms with Crippen LogP contribution >= 0.6 is 12.2 Å². The standard InChI is InChI=1S/C25H29N5OS/c1-17-14-21(18(2)29(17)15-19-8-11-26-12-9-19)24-23(22-7-3-4-10-27-22)28-25(32)30(24)16-20-6-5-13-31-20/h3-4,7-12,14,20,23-24H,5-6,13,15-16H2,1-2H3,(H,28,32)/t20-,23-,24-/m1/s1. The minimum atomic E-state index is -0.0000201. The maximum absolute atomic E-state index is 5.97. The molecule has 7 heteroatoms. The number of nitrogens with one attached hydrogen (secondary N) is 1. The number of nitrogens with zero attached hydrogens (tertiary/aromatic N) is 4. The lowest BCUT2D eigenvalue weighted by Crippen LogP contribution is -2.36. The van der Waals surface area contributed by atoms with E-state index in [1.165, 1.54) is 22.5 Å². The van der Waals surface area contributed by atoms with Gasteiger partial charge in [-0.2, -0.15) is 0 Å². The van der Waals surface area contributed by atoms with E-state index in [-0.39, 0.29) is 18.2 Å². The third kappa shape index (κ3) is 4.02. The first-order chi connectivity index (χ1) is 15.6. The lowest BCUT2D eigenvalue weighted by atomic mass is 9.96. The zero-order valence-corrected chi connectivity index (χ0v) is 19.4. The highest BCUT2D eigenvalue weighted by Gasteiger charge is 2.42. The van der Waals surface area contributed by atoms with Crippen LogP contribution in [0, 0.1) is 13.8 Å². The molecule has 5 rings (SSSR count). The Morgan fingerprint density at radius 1 is 1.16 bits per heavy atom. The van der Waals surface area contributed by atoms with Gasteiger partial charge < -0.3 is 19.5 Å². The molecule has 1 N–H and O–H groups in total. The van der Waals surface area contributed by atoms with Crippen LogP contribution in [0.4, 0.5) is 0 Å². The summed E-state index contributed by atoms with van der Waals surface area (Å²) in [5, 5.41) is 4.35. The predicted octanol–water partition coefficient (Wildman–Crippen LogP) is 4.09. The average Bonchev–Trinajstić information content (AvgIpc) is 3.51.